The molecule has 1 heterocycles. The molecule has 0 saturated heterocycles. The number of benzene rings is 1. The Hall–Kier alpha value is -2.17. The van der Waals surface area contributed by atoms with Gasteiger partial charge in [-0.15, -0.1) is 4.37 Å². The molecule has 0 radical (unpaired) electrons. The van der Waals surface area contributed by atoms with Gasteiger partial charge >= 0.3 is 0 Å². The van der Waals surface area contributed by atoms with Crippen molar-refractivity contribution in [2.24, 2.45) is 0 Å². The fourth-order valence-electron chi connectivity index (χ4n) is 1.36. The second-order valence-electron chi connectivity index (χ2n) is 3.78. The molecule has 1 aromatic heterocycles. The first-order valence-electron chi connectivity index (χ1n) is 5.60. The molecule has 1 unspecified atom stereocenters. The van der Waals surface area contributed by atoms with Crippen molar-refractivity contribution in [1.82, 2.24) is 8.75 Å². The summed E-state index contributed by atoms with van der Waals surface area (Å²) < 4.78 is 12.9. The van der Waals surface area contributed by atoms with Crippen molar-refractivity contribution >= 4 is 17.4 Å². The molecule has 0 fully saturated rings. The molecular weight excluding hydrogens is 264 g/mol. The minimum atomic E-state index is -0.655. The molecule has 7 heteroatoms. The summed E-state index contributed by atoms with van der Waals surface area (Å²) in [5.74, 6) is 0.419. The van der Waals surface area contributed by atoms with Gasteiger partial charge in [-0.2, -0.15) is 9.64 Å². The van der Waals surface area contributed by atoms with E-state index in [1.807, 2.05) is 6.07 Å². The van der Waals surface area contributed by atoms with E-state index in [-0.39, 0.29) is 6.61 Å². The van der Waals surface area contributed by atoms with Crippen molar-refractivity contribution in [1.29, 1.82) is 5.26 Å². The van der Waals surface area contributed by atoms with E-state index in [1.165, 1.54) is 6.20 Å². The SMILES string of the molecule is N#Cc1ccc(NCC(O)COc2cnsn2)cc1. The number of hydrogen-bond acceptors (Lipinski definition) is 7. The zero-order valence-corrected chi connectivity index (χ0v) is 10.8. The van der Waals surface area contributed by atoms with Gasteiger partial charge in [-0.3, -0.25) is 0 Å². The zero-order chi connectivity index (χ0) is 13.5. The maximum atomic E-state index is 9.73. The normalized spacial score (nSPS) is 11.6. The van der Waals surface area contributed by atoms with Crippen LogP contribution in [0.2, 0.25) is 0 Å². The molecule has 1 aromatic carbocycles. The predicted octanol–water partition coefficient (Wildman–Crippen LogP) is 1.26. The first-order valence-corrected chi connectivity index (χ1v) is 6.33. The number of hydrogen-bond donors (Lipinski definition) is 2. The number of aliphatic hydroxyl groups is 1. The fraction of sp³-hybridized carbons (Fsp3) is 0.250. The lowest BCUT2D eigenvalue weighted by Gasteiger charge is -2.12. The van der Waals surface area contributed by atoms with Crippen molar-refractivity contribution < 1.29 is 9.84 Å². The van der Waals surface area contributed by atoms with Gasteiger partial charge in [0.1, 0.15) is 18.9 Å². The largest absolute Gasteiger partial charge is 0.473 e. The van der Waals surface area contributed by atoms with Crippen LogP contribution in [0.4, 0.5) is 5.69 Å². The molecule has 98 valence electrons. The van der Waals surface area contributed by atoms with Crippen LogP contribution in [-0.2, 0) is 0 Å². The quantitative estimate of drug-likeness (QED) is 0.825. The van der Waals surface area contributed by atoms with E-state index < -0.39 is 6.10 Å². The summed E-state index contributed by atoms with van der Waals surface area (Å²) >= 11 is 1.06. The highest BCUT2D eigenvalue weighted by Crippen LogP contribution is 2.09. The molecule has 0 saturated carbocycles. The second-order valence-corrected chi connectivity index (χ2v) is 4.34. The van der Waals surface area contributed by atoms with Crippen LogP contribution >= 0.6 is 11.7 Å². The Kier molecular flexibility index (Phi) is 4.66. The molecule has 0 bridgehead atoms. The minimum absolute atomic E-state index is 0.148. The van der Waals surface area contributed by atoms with E-state index in [2.05, 4.69) is 14.1 Å². The van der Waals surface area contributed by atoms with Gasteiger partial charge in [0, 0.05) is 12.2 Å². The van der Waals surface area contributed by atoms with Crippen molar-refractivity contribution in [2.45, 2.75) is 6.10 Å². The molecule has 0 amide bonds. The molecular formula is C12H12N4O2S. The summed E-state index contributed by atoms with van der Waals surface area (Å²) in [7, 11) is 0. The minimum Gasteiger partial charge on any atom is -0.473 e. The van der Waals surface area contributed by atoms with Crippen LogP contribution in [0.15, 0.2) is 30.5 Å². The summed E-state index contributed by atoms with van der Waals surface area (Å²) in [6.07, 6.45) is 0.850. The van der Waals surface area contributed by atoms with Crippen LogP contribution in [-0.4, -0.2) is 33.1 Å². The lowest BCUT2D eigenvalue weighted by molar-refractivity contribution is 0.115. The number of rotatable bonds is 6. The molecule has 2 aromatic rings. The first kappa shape index (κ1) is 13.3. The van der Waals surface area contributed by atoms with Gasteiger partial charge in [0.15, 0.2) is 0 Å². The molecule has 19 heavy (non-hydrogen) atoms. The Labute approximate surface area is 114 Å². The van der Waals surface area contributed by atoms with Crippen molar-refractivity contribution in [3.63, 3.8) is 0 Å². The topological polar surface area (TPSA) is 91.1 Å². The molecule has 0 spiro atoms. The van der Waals surface area contributed by atoms with Crippen LogP contribution in [0.3, 0.4) is 0 Å². The van der Waals surface area contributed by atoms with Gasteiger partial charge in [-0.05, 0) is 24.3 Å². The number of ether oxygens (including phenoxy) is 1. The smallest absolute Gasteiger partial charge is 0.245 e. The first-order chi connectivity index (χ1) is 9.28. The summed E-state index contributed by atoms with van der Waals surface area (Å²) in [4.78, 5) is 0. The van der Waals surface area contributed by atoms with Gasteiger partial charge in [0.05, 0.1) is 23.4 Å². The second kappa shape index (κ2) is 6.68. The van der Waals surface area contributed by atoms with E-state index >= 15 is 0 Å². The highest BCUT2D eigenvalue weighted by atomic mass is 32.1. The van der Waals surface area contributed by atoms with Gasteiger partial charge in [0.25, 0.3) is 0 Å². The number of nitrogens with one attached hydrogen (secondary N) is 1. The monoisotopic (exact) mass is 276 g/mol. The summed E-state index contributed by atoms with van der Waals surface area (Å²) in [6, 6.07) is 9.05. The van der Waals surface area contributed by atoms with E-state index in [1.54, 1.807) is 24.3 Å². The highest BCUT2D eigenvalue weighted by Gasteiger charge is 2.06. The Balaban J connectivity index is 1.73. The lowest BCUT2D eigenvalue weighted by Crippen LogP contribution is -2.26. The summed E-state index contributed by atoms with van der Waals surface area (Å²) in [5, 5.41) is 21.4. The molecule has 0 aliphatic heterocycles. The zero-order valence-electron chi connectivity index (χ0n) is 9.98. The number of anilines is 1. The van der Waals surface area contributed by atoms with Crippen LogP contribution in [0.25, 0.3) is 0 Å². The number of nitriles is 1. The van der Waals surface area contributed by atoms with Crippen molar-refractivity contribution in [2.75, 3.05) is 18.5 Å². The van der Waals surface area contributed by atoms with Gasteiger partial charge in [-0.1, -0.05) is 0 Å². The van der Waals surface area contributed by atoms with Gasteiger partial charge < -0.3 is 15.2 Å². The average molecular weight is 276 g/mol. The maximum Gasteiger partial charge on any atom is 0.245 e. The third-order valence-corrected chi connectivity index (χ3v) is 2.78. The summed E-state index contributed by atoms with van der Waals surface area (Å²) in [5.41, 5.74) is 1.44. The van der Waals surface area contributed by atoms with Gasteiger partial charge in [-0.25, -0.2) is 0 Å². The van der Waals surface area contributed by atoms with E-state index in [0.717, 1.165) is 17.4 Å². The van der Waals surface area contributed by atoms with Crippen molar-refractivity contribution in [3.8, 4) is 11.9 Å². The Morgan fingerprint density at radius 3 is 2.84 bits per heavy atom. The standard InChI is InChI=1S/C12H12N4O2S/c13-5-9-1-3-10(4-2-9)14-6-11(17)8-18-12-7-15-19-16-12/h1-4,7,11,14,17H,6,8H2. The molecule has 0 aliphatic rings. The Bertz CT molecular complexity index is 536. The average Bonchev–Trinajstić information content (AvgIpc) is 2.96. The molecule has 2 N–H and O–H groups in total. The van der Waals surface area contributed by atoms with E-state index in [0.29, 0.717) is 18.0 Å². The fourth-order valence-corrected chi connectivity index (χ4v) is 1.72. The van der Waals surface area contributed by atoms with Crippen LogP contribution in [0.1, 0.15) is 5.56 Å². The Morgan fingerprint density at radius 1 is 1.42 bits per heavy atom. The predicted molar refractivity (Wildman–Crippen MR) is 71.1 cm³/mol. The van der Waals surface area contributed by atoms with Crippen LogP contribution < -0.4 is 10.1 Å². The van der Waals surface area contributed by atoms with Crippen molar-refractivity contribution in [3.05, 3.63) is 36.0 Å². The van der Waals surface area contributed by atoms with Crippen LogP contribution in [0.5, 0.6) is 5.88 Å². The number of aromatic nitrogens is 2. The van der Waals surface area contributed by atoms with Crippen LogP contribution in [0, 0.1) is 11.3 Å². The lowest BCUT2D eigenvalue weighted by atomic mass is 10.2. The third kappa shape index (κ3) is 4.21. The maximum absolute atomic E-state index is 9.73. The Morgan fingerprint density at radius 2 is 2.21 bits per heavy atom. The molecule has 0 aliphatic carbocycles. The molecule has 1 atom stereocenters. The summed E-state index contributed by atoms with van der Waals surface area (Å²) in [6.45, 7) is 0.498. The van der Waals surface area contributed by atoms with E-state index in [4.69, 9.17) is 10.00 Å². The van der Waals surface area contributed by atoms with E-state index in [9.17, 15) is 5.11 Å². The molecule has 2 rings (SSSR count). The number of aliphatic hydroxyl groups excluding tert-OH is 1. The number of nitrogens with zero attached hydrogens (tertiary/aromatic N) is 3. The third-order valence-electron chi connectivity index (χ3n) is 2.32. The highest BCUT2D eigenvalue weighted by molar-refractivity contribution is 6.99. The van der Waals surface area contributed by atoms with Gasteiger partial charge in [0.2, 0.25) is 5.88 Å². The molecule has 6 nitrogen and oxygen atoms in total.